The smallest absolute Gasteiger partial charge is 0.0486 e. The maximum atomic E-state index is 3.50. The van der Waals surface area contributed by atoms with Crippen LogP contribution in [0.15, 0.2) is 24.3 Å². The zero-order chi connectivity index (χ0) is 12.3. The van der Waals surface area contributed by atoms with Crippen molar-refractivity contribution in [2.75, 3.05) is 32.1 Å². The van der Waals surface area contributed by atoms with Gasteiger partial charge in [-0.05, 0) is 32.1 Å². The van der Waals surface area contributed by atoms with Gasteiger partial charge in [0.1, 0.15) is 0 Å². The molecule has 3 heteroatoms. The second-order valence-electron chi connectivity index (χ2n) is 4.75. The molecule has 0 saturated carbocycles. The van der Waals surface area contributed by atoms with Crippen molar-refractivity contribution in [3.8, 4) is 0 Å². The van der Waals surface area contributed by atoms with Gasteiger partial charge in [-0.25, -0.2) is 0 Å². The Hall–Kier alpha value is -0.510. The van der Waals surface area contributed by atoms with Crippen molar-refractivity contribution in [3.63, 3.8) is 0 Å². The molecule has 2 rings (SSSR count). The topological polar surface area (TPSA) is 15.3 Å². The minimum Gasteiger partial charge on any atom is -0.312 e. The largest absolute Gasteiger partial charge is 0.312 e. The van der Waals surface area contributed by atoms with E-state index in [1.807, 2.05) is 0 Å². The summed E-state index contributed by atoms with van der Waals surface area (Å²) in [5, 5.41) is 3.50. The maximum Gasteiger partial charge on any atom is 0.0486 e. The molecule has 0 aromatic heterocycles. The molecule has 1 fully saturated rings. The van der Waals surface area contributed by atoms with Crippen molar-refractivity contribution in [3.05, 3.63) is 35.4 Å². The average Bonchev–Trinajstić information content (AvgIpc) is 2.34. The Morgan fingerprint density at radius 1 is 1.41 bits per heavy atom. The van der Waals surface area contributed by atoms with Crippen molar-refractivity contribution in [2.24, 2.45) is 0 Å². The van der Waals surface area contributed by atoms with Gasteiger partial charge in [-0.2, -0.15) is 11.8 Å². The molecule has 0 spiro atoms. The van der Waals surface area contributed by atoms with E-state index in [9.17, 15) is 0 Å². The van der Waals surface area contributed by atoms with Crippen molar-refractivity contribution < 1.29 is 0 Å². The third-order valence-electron chi connectivity index (χ3n) is 3.66. The standard InChI is InChI=1S/C14H22N2S/c1-11-6-4-5-7-12(11)14(15-2)13-10-17-9-8-16(13)3/h4-7,13-15H,8-10H2,1-3H3. The lowest BCUT2D eigenvalue weighted by atomic mass is 9.95. The highest BCUT2D eigenvalue weighted by Crippen LogP contribution is 2.28. The van der Waals surface area contributed by atoms with E-state index in [2.05, 4.69) is 67.3 Å². The molecular weight excluding hydrogens is 228 g/mol. The van der Waals surface area contributed by atoms with Crippen LogP contribution in [0.1, 0.15) is 17.2 Å². The van der Waals surface area contributed by atoms with E-state index in [1.54, 1.807) is 0 Å². The predicted molar refractivity (Wildman–Crippen MR) is 76.7 cm³/mol. The molecule has 1 heterocycles. The number of hydrogen-bond acceptors (Lipinski definition) is 3. The Kier molecular flexibility index (Phi) is 4.48. The fourth-order valence-electron chi connectivity index (χ4n) is 2.55. The maximum absolute atomic E-state index is 3.50. The minimum atomic E-state index is 0.439. The van der Waals surface area contributed by atoms with Crippen LogP contribution in [0.4, 0.5) is 0 Å². The highest BCUT2D eigenvalue weighted by molar-refractivity contribution is 7.99. The number of nitrogens with one attached hydrogen (secondary N) is 1. The normalized spacial score (nSPS) is 23.6. The lowest BCUT2D eigenvalue weighted by Gasteiger charge is -2.38. The van der Waals surface area contributed by atoms with Crippen LogP contribution in [-0.4, -0.2) is 43.1 Å². The number of thioether (sulfide) groups is 1. The zero-order valence-electron chi connectivity index (χ0n) is 10.9. The quantitative estimate of drug-likeness (QED) is 0.886. The van der Waals surface area contributed by atoms with Crippen LogP contribution in [0.2, 0.25) is 0 Å². The summed E-state index contributed by atoms with van der Waals surface area (Å²) in [7, 11) is 4.32. The molecule has 1 aromatic carbocycles. The molecule has 0 radical (unpaired) electrons. The van der Waals surface area contributed by atoms with Gasteiger partial charge in [-0.15, -0.1) is 0 Å². The third kappa shape index (κ3) is 2.84. The summed E-state index contributed by atoms with van der Waals surface area (Å²) < 4.78 is 0. The first-order valence-electron chi connectivity index (χ1n) is 6.25. The van der Waals surface area contributed by atoms with Crippen molar-refractivity contribution >= 4 is 11.8 Å². The van der Waals surface area contributed by atoms with Gasteiger partial charge in [0.25, 0.3) is 0 Å². The summed E-state index contributed by atoms with van der Waals surface area (Å²) in [4.78, 5) is 2.49. The first kappa shape index (κ1) is 12.9. The zero-order valence-corrected chi connectivity index (χ0v) is 11.8. The van der Waals surface area contributed by atoms with E-state index >= 15 is 0 Å². The summed E-state index contributed by atoms with van der Waals surface area (Å²) >= 11 is 2.07. The molecule has 0 amide bonds. The lowest BCUT2D eigenvalue weighted by Crippen LogP contribution is -2.47. The summed E-state index contributed by atoms with van der Waals surface area (Å²) in [6, 6.07) is 9.75. The van der Waals surface area contributed by atoms with Gasteiger partial charge in [0.15, 0.2) is 0 Å². The van der Waals surface area contributed by atoms with Gasteiger partial charge in [0, 0.05) is 30.1 Å². The van der Waals surface area contributed by atoms with Gasteiger partial charge in [0.2, 0.25) is 0 Å². The summed E-state index contributed by atoms with van der Waals surface area (Å²) in [5.41, 5.74) is 2.82. The second kappa shape index (κ2) is 5.89. The van der Waals surface area contributed by atoms with Crippen molar-refractivity contribution in [2.45, 2.75) is 19.0 Å². The van der Waals surface area contributed by atoms with E-state index in [0.717, 1.165) is 0 Å². The highest BCUT2D eigenvalue weighted by atomic mass is 32.2. The molecule has 1 N–H and O–H groups in total. The molecule has 1 saturated heterocycles. The minimum absolute atomic E-state index is 0.439. The Morgan fingerprint density at radius 3 is 2.82 bits per heavy atom. The second-order valence-corrected chi connectivity index (χ2v) is 5.90. The van der Waals surface area contributed by atoms with Gasteiger partial charge >= 0.3 is 0 Å². The van der Waals surface area contributed by atoms with Crippen LogP contribution < -0.4 is 5.32 Å². The van der Waals surface area contributed by atoms with E-state index in [-0.39, 0.29) is 0 Å². The summed E-state index contributed by atoms with van der Waals surface area (Å²) in [5.74, 6) is 2.48. The van der Waals surface area contributed by atoms with Crippen LogP contribution in [-0.2, 0) is 0 Å². The number of hydrogen-bond donors (Lipinski definition) is 1. The summed E-state index contributed by atoms with van der Waals surface area (Å²) in [6.07, 6.45) is 0. The van der Waals surface area contributed by atoms with Gasteiger partial charge < -0.3 is 5.32 Å². The van der Waals surface area contributed by atoms with Gasteiger partial charge in [0.05, 0.1) is 0 Å². The molecule has 1 aliphatic heterocycles. The first-order chi connectivity index (χ1) is 8.24. The fraction of sp³-hybridized carbons (Fsp3) is 0.571. The number of rotatable bonds is 3. The number of likely N-dealkylation sites (N-methyl/N-ethyl adjacent to an activating group) is 2. The van der Waals surface area contributed by atoms with Crippen LogP contribution >= 0.6 is 11.8 Å². The molecule has 0 bridgehead atoms. The molecule has 94 valence electrons. The van der Waals surface area contributed by atoms with E-state index in [0.29, 0.717) is 12.1 Å². The molecule has 1 aromatic rings. The monoisotopic (exact) mass is 250 g/mol. The molecule has 0 aliphatic carbocycles. The summed E-state index contributed by atoms with van der Waals surface area (Å²) in [6.45, 7) is 3.40. The molecule has 17 heavy (non-hydrogen) atoms. The number of aryl methyl sites for hydroxylation is 1. The first-order valence-corrected chi connectivity index (χ1v) is 7.40. The fourth-order valence-corrected chi connectivity index (χ4v) is 3.82. The molecule has 2 unspecified atom stereocenters. The van der Waals surface area contributed by atoms with Crippen molar-refractivity contribution in [1.82, 2.24) is 10.2 Å². The molecule has 1 aliphatic rings. The lowest BCUT2D eigenvalue weighted by molar-refractivity contribution is 0.221. The SMILES string of the molecule is CNC(c1ccccc1C)C1CSCCN1C. The number of nitrogens with zero attached hydrogens (tertiary/aromatic N) is 1. The van der Waals surface area contributed by atoms with Crippen molar-refractivity contribution in [1.29, 1.82) is 0 Å². The Labute approximate surface area is 109 Å². The van der Waals surface area contributed by atoms with E-state index < -0.39 is 0 Å². The Bertz CT molecular complexity index is 367. The van der Waals surface area contributed by atoms with Crippen LogP contribution in [0.3, 0.4) is 0 Å². The third-order valence-corrected chi connectivity index (χ3v) is 4.71. The number of benzene rings is 1. The predicted octanol–water partition coefficient (Wildman–Crippen LogP) is 2.30. The molecule has 2 atom stereocenters. The van der Waals surface area contributed by atoms with E-state index in [4.69, 9.17) is 0 Å². The van der Waals surface area contributed by atoms with Crippen LogP contribution in [0, 0.1) is 6.92 Å². The molecule has 2 nitrogen and oxygen atoms in total. The van der Waals surface area contributed by atoms with Gasteiger partial charge in [-0.1, -0.05) is 24.3 Å². The Balaban J connectivity index is 2.23. The van der Waals surface area contributed by atoms with Crippen LogP contribution in [0.5, 0.6) is 0 Å². The van der Waals surface area contributed by atoms with Gasteiger partial charge in [-0.3, -0.25) is 4.90 Å². The Morgan fingerprint density at radius 2 is 2.18 bits per heavy atom. The van der Waals surface area contributed by atoms with Crippen LogP contribution in [0.25, 0.3) is 0 Å². The molecular formula is C14H22N2S. The average molecular weight is 250 g/mol. The van der Waals surface area contributed by atoms with E-state index in [1.165, 1.54) is 29.2 Å². The highest BCUT2D eigenvalue weighted by Gasteiger charge is 2.28.